The Morgan fingerprint density at radius 1 is 1.02 bits per heavy atom. The number of esters is 1. The lowest BCUT2D eigenvalue weighted by Gasteiger charge is -2.70. The van der Waals surface area contributed by atoms with Crippen LogP contribution in [0.25, 0.3) is 0 Å². The second-order valence-electron chi connectivity index (χ2n) is 15.5. The van der Waals surface area contributed by atoms with E-state index in [9.17, 15) is 9.90 Å². The fourth-order valence-corrected chi connectivity index (χ4v) is 11.4. The number of aliphatic hydroxyl groups is 1. The highest BCUT2D eigenvalue weighted by atomic mass is 32.1. The number of benzene rings is 1. The topological polar surface area (TPSA) is 46.5 Å². The molecule has 5 aliphatic carbocycles. The van der Waals surface area contributed by atoms with Crippen molar-refractivity contribution in [3.05, 3.63) is 59.7 Å². The Bertz CT molecular complexity index is 1220. The molecule has 0 amide bonds. The third kappa shape index (κ3) is 3.98. The highest BCUT2D eigenvalue weighted by Crippen LogP contribution is 2.74. The number of rotatable bonds is 3. The summed E-state index contributed by atoms with van der Waals surface area (Å²) in [6.45, 7) is 16.9. The SMILES string of the molecule is C=C1C=C2C3C[C@@](C)(C(=O)OCc4ccccc4)CCC3(C)CC[C@@]2(C)C2(S)CCC3[C@H](C)C(O)CCC3(C)C12. The fourth-order valence-electron chi connectivity index (χ4n) is 10.6. The van der Waals surface area contributed by atoms with Gasteiger partial charge in [-0.05, 0) is 98.9 Å². The zero-order valence-electron chi connectivity index (χ0n) is 25.3. The van der Waals surface area contributed by atoms with Crippen molar-refractivity contribution in [1.29, 1.82) is 0 Å². The molecule has 40 heavy (non-hydrogen) atoms. The molecule has 0 spiro atoms. The first kappa shape index (κ1) is 28.6. The summed E-state index contributed by atoms with van der Waals surface area (Å²) in [6.07, 6.45) is 11.5. The normalized spacial score (nSPS) is 48.1. The van der Waals surface area contributed by atoms with Gasteiger partial charge in [-0.3, -0.25) is 4.79 Å². The quantitative estimate of drug-likeness (QED) is 0.288. The van der Waals surface area contributed by atoms with Crippen molar-refractivity contribution in [1.82, 2.24) is 0 Å². The molecular weight excluding hydrogens is 512 g/mol. The van der Waals surface area contributed by atoms with E-state index in [1.54, 1.807) is 0 Å². The standard InChI is InChI=1S/C36H50O3S/c1-23-20-27-28-21-33(4,31(38)39-22-25-10-8-7-9-11-25)17-16-32(28,3)18-19-35(27,6)36(40)15-12-26-24(2)29(37)13-14-34(26,5)30(23)36/h7-11,20,24,26,28-30,37,40H,1,12-19,21-22H2,2-6H3/t24-,26?,28?,29?,30?,32?,33-,34?,35+,36?/m0/s1. The lowest BCUT2D eigenvalue weighted by molar-refractivity contribution is -0.163. The van der Waals surface area contributed by atoms with Crippen LogP contribution in [0.3, 0.4) is 0 Å². The number of fused-ring (bicyclic) bond motifs is 7. The number of carbonyl (C=O) groups is 1. The average Bonchev–Trinajstić information content (AvgIpc) is 2.92. The van der Waals surface area contributed by atoms with Crippen LogP contribution in [0, 0.1) is 45.3 Å². The molecule has 5 aliphatic rings. The summed E-state index contributed by atoms with van der Waals surface area (Å²) in [5.41, 5.74) is 3.54. The summed E-state index contributed by atoms with van der Waals surface area (Å²) in [7, 11) is 0. The van der Waals surface area contributed by atoms with Gasteiger partial charge in [0.1, 0.15) is 6.61 Å². The summed E-state index contributed by atoms with van der Waals surface area (Å²) < 4.78 is 5.79. The lowest BCUT2D eigenvalue weighted by Crippen LogP contribution is -2.65. The van der Waals surface area contributed by atoms with Gasteiger partial charge in [0.05, 0.1) is 11.5 Å². The number of carbonyl (C=O) groups excluding carboxylic acids is 1. The summed E-state index contributed by atoms with van der Waals surface area (Å²) in [5.74, 6) is 1.40. The maximum absolute atomic E-state index is 13.6. The highest BCUT2D eigenvalue weighted by molar-refractivity contribution is 7.82. The van der Waals surface area contributed by atoms with Crippen LogP contribution >= 0.6 is 12.6 Å². The molecule has 4 heteroatoms. The number of aliphatic hydroxyl groups excluding tert-OH is 1. The van der Waals surface area contributed by atoms with Crippen molar-refractivity contribution in [3.8, 4) is 0 Å². The van der Waals surface area contributed by atoms with Crippen molar-refractivity contribution >= 4 is 18.6 Å². The van der Waals surface area contributed by atoms with Crippen LogP contribution in [0.5, 0.6) is 0 Å². The Labute approximate surface area is 247 Å². The fraction of sp³-hybridized carbons (Fsp3) is 0.694. The van der Waals surface area contributed by atoms with Crippen molar-refractivity contribution < 1.29 is 14.6 Å². The number of hydrogen-bond acceptors (Lipinski definition) is 4. The van der Waals surface area contributed by atoms with Gasteiger partial charge in [0.2, 0.25) is 0 Å². The lowest BCUT2D eigenvalue weighted by atomic mass is 9.38. The molecule has 0 saturated heterocycles. The van der Waals surface area contributed by atoms with Gasteiger partial charge >= 0.3 is 5.97 Å². The molecule has 0 heterocycles. The van der Waals surface area contributed by atoms with E-state index >= 15 is 0 Å². The number of hydrogen-bond donors (Lipinski definition) is 2. The molecule has 10 atom stereocenters. The van der Waals surface area contributed by atoms with Crippen molar-refractivity contribution in [2.45, 2.75) is 110 Å². The molecule has 1 N–H and O–H groups in total. The first-order chi connectivity index (χ1) is 18.8. The maximum atomic E-state index is 13.6. The van der Waals surface area contributed by atoms with Crippen LogP contribution in [0.15, 0.2) is 54.1 Å². The van der Waals surface area contributed by atoms with Crippen LogP contribution in [0.1, 0.15) is 98.0 Å². The molecule has 6 rings (SSSR count). The Hall–Kier alpha value is -1.52. The molecule has 0 aliphatic heterocycles. The van der Waals surface area contributed by atoms with E-state index in [4.69, 9.17) is 23.9 Å². The van der Waals surface area contributed by atoms with Gasteiger partial charge < -0.3 is 9.84 Å². The van der Waals surface area contributed by atoms with E-state index in [-0.39, 0.29) is 33.1 Å². The first-order valence-electron chi connectivity index (χ1n) is 15.8. The molecule has 218 valence electrons. The number of allylic oxidation sites excluding steroid dienone is 3. The average molecular weight is 563 g/mol. The Kier molecular flexibility index (Phi) is 6.79. The monoisotopic (exact) mass is 562 g/mol. The molecule has 1 aromatic rings. The predicted molar refractivity (Wildman–Crippen MR) is 165 cm³/mol. The Morgan fingerprint density at radius 3 is 2.45 bits per heavy atom. The van der Waals surface area contributed by atoms with Crippen LogP contribution in [0.2, 0.25) is 0 Å². The summed E-state index contributed by atoms with van der Waals surface area (Å²) in [4.78, 5) is 13.6. The smallest absolute Gasteiger partial charge is 0.312 e. The second kappa shape index (κ2) is 9.49. The van der Waals surface area contributed by atoms with Crippen molar-refractivity contribution in [3.63, 3.8) is 0 Å². The first-order valence-corrected chi connectivity index (χ1v) is 16.2. The van der Waals surface area contributed by atoms with E-state index in [1.807, 2.05) is 30.3 Å². The molecule has 7 unspecified atom stereocenters. The minimum Gasteiger partial charge on any atom is -0.460 e. The molecule has 0 radical (unpaired) electrons. The predicted octanol–water partition coefficient (Wildman–Crippen LogP) is 8.33. The molecule has 0 aromatic heterocycles. The third-order valence-corrected chi connectivity index (χ3v) is 14.3. The third-order valence-electron chi connectivity index (χ3n) is 13.4. The number of thiol groups is 1. The van der Waals surface area contributed by atoms with Gasteiger partial charge in [0, 0.05) is 16.1 Å². The Balaban J connectivity index is 1.33. The van der Waals surface area contributed by atoms with Crippen LogP contribution in [-0.4, -0.2) is 21.9 Å². The summed E-state index contributed by atoms with van der Waals surface area (Å²) >= 11 is 5.75. The highest BCUT2D eigenvalue weighted by Gasteiger charge is 2.68. The van der Waals surface area contributed by atoms with Gasteiger partial charge in [-0.15, -0.1) is 0 Å². The van der Waals surface area contributed by atoms with Crippen molar-refractivity contribution in [2.75, 3.05) is 0 Å². The van der Waals surface area contributed by atoms with Crippen LogP contribution in [-0.2, 0) is 16.1 Å². The van der Waals surface area contributed by atoms with E-state index in [2.05, 4.69) is 40.7 Å². The number of ether oxygens (including phenoxy) is 1. The summed E-state index contributed by atoms with van der Waals surface area (Å²) in [6, 6.07) is 10.0. The molecule has 0 bridgehead atoms. The minimum atomic E-state index is -0.488. The largest absolute Gasteiger partial charge is 0.460 e. The molecule has 4 fully saturated rings. The van der Waals surface area contributed by atoms with Gasteiger partial charge in [-0.2, -0.15) is 12.6 Å². The zero-order chi connectivity index (χ0) is 28.7. The van der Waals surface area contributed by atoms with Gasteiger partial charge in [-0.25, -0.2) is 0 Å². The van der Waals surface area contributed by atoms with Gasteiger partial charge in [-0.1, -0.05) is 81.8 Å². The molecule has 1 aromatic carbocycles. The van der Waals surface area contributed by atoms with Crippen LogP contribution in [0.4, 0.5) is 0 Å². The molecule has 4 saturated carbocycles. The summed E-state index contributed by atoms with van der Waals surface area (Å²) in [5, 5.41) is 10.8. The van der Waals surface area contributed by atoms with E-state index in [0.717, 1.165) is 56.9 Å². The Morgan fingerprint density at radius 2 is 1.73 bits per heavy atom. The maximum Gasteiger partial charge on any atom is 0.312 e. The van der Waals surface area contributed by atoms with E-state index < -0.39 is 5.41 Å². The van der Waals surface area contributed by atoms with Crippen molar-refractivity contribution in [2.24, 2.45) is 45.3 Å². The molecule has 3 nitrogen and oxygen atoms in total. The second-order valence-corrected chi connectivity index (χ2v) is 16.3. The van der Waals surface area contributed by atoms with Gasteiger partial charge in [0.25, 0.3) is 0 Å². The van der Waals surface area contributed by atoms with E-state index in [0.29, 0.717) is 30.3 Å². The molecular formula is C36H50O3S. The van der Waals surface area contributed by atoms with E-state index in [1.165, 1.54) is 17.6 Å². The van der Waals surface area contributed by atoms with Crippen LogP contribution < -0.4 is 0 Å². The minimum absolute atomic E-state index is 0.0361. The van der Waals surface area contributed by atoms with Gasteiger partial charge in [0.15, 0.2) is 0 Å². The zero-order valence-corrected chi connectivity index (χ0v) is 26.2.